The first-order chi connectivity index (χ1) is 8.49. The number of hydrogen-bond donors (Lipinski definition) is 1. The molecule has 1 heterocycles. The van der Waals surface area contributed by atoms with Crippen molar-refractivity contribution in [3.8, 4) is 0 Å². The van der Waals surface area contributed by atoms with Gasteiger partial charge in [-0.3, -0.25) is 5.32 Å². The first-order valence-electron chi connectivity index (χ1n) is 5.23. The lowest BCUT2D eigenvalue weighted by molar-refractivity contribution is -0.141. The molecule has 0 aliphatic carbocycles. The summed E-state index contributed by atoms with van der Waals surface area (Å²) in [6.45, 7) is 5.02. The molecule has 0 saturated carbocycles. The van der Waals surface area contributed by atoms with Gasteiger partial charge in [-0.05, 0) is 48.8 Å². The molecule has 0 fully saturated rings. The van der Waals surface area contributed by atoms with Crippen molar-refractivity contribution in [2.45, 2.75) is 32.5 Å². The van der Waals surface area contributed by atoms with E-state index in [1.54, 1.807) is 20.8 Å². The van der Waals surface area contributed by atoms with Crippen molar-refractivity contribution >= 4 is 27.7 Å². The molecule has 0 aromatic carbocycles. The molecule has 1 aromatic rings. The fraction of sp³-hybridized carbons (Fsp3) is 0.455. The highest BCUT2D eigenvalue weighted by molar-refractivity contribution is 9.10. The average Bonchev–Trinajstić information content (AvgIpc) is 2.16. The molecule has 1 aromatic heterocycles. The molecule has 1 rings (SSSR count). The topological polar surface area (TPSA) is 51.2 Å². The fourth-order valence-electron chi connectivity index (χ4n) is 1.10. The van der Waals surface area contributed by atoms with Crippen LogP contribution >= 0.6 is 15.9 Å². The van der Waals surface area contributed by atoms with E-state index in [1.807, 2.05) is 0 Å². The smallest absolute Gasteiger partial charge is 0.433 e. The van der Waals surface area contributed by atoms with E-state index in [0.717, 1.165) is 12.1 Å². The quantitative estimate of drug-likeness (QED) is 0.779. The van der Waals surface area contributed by atoms with Crippen LogP contribution in [0.2, 0.25) is 0 Å². The van der Waals surface area contributed by atoms with Crippen molar-refractivity contribution in [2.24, 2.45) is 0 Å². The Balaban J connectivity index is 2.84. The maximum Gasteiger partial charge on any atom is 0.433 e. The molecule has 4 nitrogen and oxygen atoms in total. The first-order valence-corrected chi connectivity index (χ1v) is 6.02. The number of ether oxygens (including phenoxy) is 1. The van der Waals surface area contributed by atoms with Crippen LogP contribution in [0.15, 0.2) is 16.7 Å². The Morgan fingerprint density at radius 1 is 1.32 bits per heavy atom. The number of alkyl halides is 3. The number of nitrogens with zero attached hydrogens (tertiary/aromatic N) is 1. The van der Waals surface area contributed by atoms with Gasteiger partial charge in [-0.15, -0.1) is 0 Å². The van der Waals surface area contributed by atoms with Crippen molar-refractivity contribution in [3.05, 3.63) is 22.4 Å². The summed E-state index contributed by atoms with van der Waals surface area (Å²) in [5, 5.41) is 2.31. The number of pyridine rings is 1. The summed E-state index contributed by atoms with van der Waals surface area (Å²) in [4.78, 5) is 14.8. The second-order valence-corrected chi connectivity index (χ2v) is 5.41. The van der Waals surface area contributed by atoms with E-state index in [-0.39, 0.29) is 10.3 Å². The summed E-state index contributed by atoms with van der Waals surface area (Å²) in [7, 11) is 0. The molecule has 0 radical (unpaired) electrons. The molecule has 106 valence electrons. The highest BCUT2D eigenvalue weighted by Gasteiger charge is 2.33. The Labute approximate surface area is 116 Å². The van der Waals surface area contributed by atoms with Crippen molar-refractivity contribution in [3.63, 3.8) is 0 Å². The molecule has 0 bridgehead atoms. The van der Waals surface area contributed by atoms with Crippen LogP contribution in [0.4, 0.5) is 23.7 Å². The Hall–Kier alpha value is -1.31. The van der Waals surface area contributed by atoms with Crippen molar-refractivity contribution in [2.75, 3.05) is 5.32 Å². The third kappa shape index (κ3) is 5.06. The van der Waals surface area contributed by atoms with Crippen LogP contribution in [0, 0.1) is 0 Å². The lowest BCUT2D eigenvalue weighted by Crippen LogP contribution is -2.27. The minimum Gasteiger partial charge on any atom is -0.444 e. The fourth-order valence-corrected chi connectivity index (χ4v) is 1.52. The maximum absolute atomic E-state index is 12.4. The van der Waals surface area contributed by atoms with Crippen LogP contribution < -0.4 is 5.32 Å². The molecule has 0 unspecified atom stereocenters. The van der Waals surface area contributed by atoms with E-state index < -0.39 is 23.6 Å². The third-order valence-corrected chi connectivity index (χ3v) is 2.38. The number of hydrogen-bond acceptors (Lipinski definition) is 3. The third-order valence-electron chi connectivity index (χ3n) is 1.77. The Morgan fingerprint density at radius 2 is 1.89 bits per heavy atom. The van der Waals surface area contributed by atoms with Crippen LogP contribution in [-0.2, 0) is 10.9 Å². The van der Waals surface area contributed by atoms with Gasteiger partial charge in [0.25, 0.3) is 0 Å². The largest absolute Gasteiger partial charge is 0.444 e. The van der Waals surface area contributed by atoms with Gasteiger partial charge in [0.15, 0.2) is 0 Å². The van der Waals surface area contributed by atoms with E-state index in [4.69, 9.17) is 4.74 Å². The number of halogens is 4. The predicted molar refractivity (Wildman–Crippen MR) is 66.8 cm³/mol. The summed E-state index contributed by atoms with van der Waals surface area (Å²) in [6.07, 6.45) is -5.30. The molecule has 1 amide bonds. The number of rotatable bonds is 1. The van der Waals surface area contributed by atoms with Crippen LogP contribution in [0.1, 0.15) is 26.5 Å². The summed E-state index contributed by atoms with van der Waals surface area (Å²) in [6, 6.07) is 1.88. The molecule has 0 aliphatic rings. The Morgan fingerprint density at radius 3 is 2.32 bits per heavy atom. The van der Waals surface area contributed by atoms with E-state index >= 15 is 0 Å². The van der Waals surface area contributed by atoms with E-state index in [2.05, 4.69) is 26.2 Å². The number of amides is 1. The molecular formula is C11H12BrF3N2O2. The minimum absolute atomic E-state index is 0.0993. The Kier molecular flexibility index (Phi) is 4.44. The highest BCUT2D eigenvalue weighted by Crippen LogP contribution is 2.31. The minimum atomic E-state index is -4.53. The Bertz CT molecular complexity index is 484. The van der Waals surface area contributed by atoms with Gasteiger partial charge < -0.3 is 4.74 Å². The zero-order chi connectivity index (χ0) is 14.8. The zero-order valence-electron chi connectivity index (χ0n) is 10.4. The van der Waals surface area contributed by atoms with E-state index in [9.17, 15) is 18.0 Å². The van der Waals surface area contributed by atoms with Gasteiger partial charge in [0.1, 0.15) is 15.9 Å². The number of anilines is 1. The molecule has 0 aliphatic heterocycles. The van der Waals surface area contributed by atoms with Crippen LogP contribution in [0.25, 0.3) is 0 Å². The molecule has 0 saturated heterocycles. The zero-order valence-corrected chi connectivity index (χ0v) is 12.0. The molecule has 19 heavy (non-hydrogen) atoms. The summed E-state index contributed by atoms with van der Waals surface area (Å²) in [5.74, 6) is 0. The van der Waals surface area contributed by atoms with Crippen molar-refractivity contribution in [1.82, 2.24) is 4.98 Å². The SMILES string of the molecule is CC(C)(C)OC(=O)Nc1ccc(C(F)(F)F)nc1Br. The standard InChI is InChI=1S/C11H12BrF3N2O2/c1-10(2,3)19-9(18)16-6-4-5-7(11(13,14)15)17-8(6)12/h4-5H,1-3H3,(H,16,18). The van der Waals surface area contributed by atoms with E-state index in [0.29, 0.717) is 0 Å². The van der Waals surface area contributed by atoms with Crippen LogP contribution in [-0.4, -0.2) is 16.7 Å². The monoisotopic (exact) mass is 340 g/mol. The number of carbonyl (C=O) groups is 1. The van der Waals surface area contributed by atoms with Gasteiger partial charge in [-0.25, -0.2) is 9.78 Å². The maximum atomic E-state index is 12.4. The number of aromatic nitrogens is 1. The first kappa shape index (κ1) is 15.7. The van der Waals surface area contributed by atoms with Gasteiger partial charge >= 0.3 is 12.3 Å². The summed E-state index contributed by atoms with van der Waals surface area (Å²) in [5.41, 5.74) is -1.65. The predicted octanol–water partition coefficient (Wildman–Crippen LogP) is 4.21. The summed E-state index contributed by atoms with van der Waals surface area (Å²) < 4.78 is 42.0. The molecule has 1 N–H and O–H groups in total. The molecule has 8 heteroatoms. The molecule has 0 spiro atoms. The van der Waals surface area contributed by atoms with Crippen molar-refractivity contribution in [1.29, 1.82) is 0 Å². The van der Waals surface area contributed by atoms with E-state index in [1.165, 1.54) is 0 Å². The van der Waals surface area contributed by atoms with Crippen molar-refractivity contribution < 1.29 is 22.7 Å². The van der Waals surface area contributed by atoms with Crippen LogP contribution in [0.3, 0.4) is 0 Å². The lowest BCUT2D eigenvalue weighted by atomic mass is 10.2. The second-order valence-electron chi connectivity index (χ2n) is 4.66. The van der Waals surface area contributed by atoms with Gasteiger partial charge in [0, 0.05) is 0 Å². The van der Waals surface area contributed by atoms with Gasteiger partial charge in [0.2, 0.25) is 0 Å². The lowest BCUT2D eigenvalue weighted by Gasteiger charge is -2.20. The highest BCUT2D eigenvalue weighted by atomic mass is 79.9. The number of carbonyl (C=O) groups excluding carboxylic acids is 1. The number of nitrogens with one attached hydrogen (secondary N) is 1. The normalized spacial score (nSPS) is 12.2. The van der Waals surface area contributed by atoms with Crippen LogP contribution in [0.5, 0.6) is 0 Å². The van der Waals surface area contributed by atoms with Gasteiger partial charge in [-0.1, -0.05) is 0 Å². The molecule has 0 atom stereocenters. The van der Waals surface area contributed by atoms with Gasteiger partial charge in [-0.2, -0.15) is 13.2 Å². The average molecular weight is 341 g/mol. The molecular weight excluding hydrogens is 329 g/mol. The second kappa shape index (κ2) is 5.36. The summed E-state index contributed by atoms with van der Waals surface area (Å²) >= 11 is 2.87. The van der Waals surface area contributed by atoms with Gasteiger partial charge in [0.05, 0.1) is 5.69 Å².